The lowest BCUT2D eigenvalue weighted by Gasteiger charge is -2.29. The van der Waals surface area contributed by atoms with Crippen molar-refractivity contribution in [3.05, 3.63) is 28.2 Å². The number of nitrogens with zero attached hydrogens (tertiary/aromatic N) is 2. The second kappa shape index (κ2) is 5.07. The van der Waals surface area contributed by atoms with Crippen molar-refractivity contribution < 1.29 is 9.90 Å². The summed E-state index contributed by atoms with van der Waals surface area (Å²) in [7, 11) is 0. The molecule has 0 unspecified atom stereocenters. The Morgan fingerprint density at radius 2 is 2.16 bits per heavy atom. The molecule has 3 rings (SSSR count). The lowest BCUT2D eigenvalue weighted by Crippen LogP contribution is -2.40. The van der Waals surface area contributed by atoms with Gasteiger partial charge in [-0.2, -0.15) is 0 Å². The van der Waals surface area contributed by atoms with Gasteiger partial charge in [-0.1, -0.05) is 11.6 Å². The number of aliphatic hydroxyl groups is 1. The molecule has 2 aromatic rings. The highest BCUT2D eigenvalue weighted by Crippen LogP contribution is 2.27. The molecular weight excluding hydrogens is 284 g/mol. The van der Waals surface area contributed by atoms with E-state index in [0.717, 1.165) is 10.2 Å². The van der Waals surface area contributed by atoms with E-state index in [1.807, 2.05) is 12.1 Å². The molecule has 6 heteroatoms. The number of hydrogen-bond donors (Lipinski definition) is 1. The number of fused-ring (bicyclic) bond motifs is 1. The molecule has 0 atom stereocenters. The molecule has 1 N–H and O–H groups in total. The van der Waals surface area contributed by atoms with E-state index in [1.165, 1.54) is 11.3 Å². The van der Waals surface area contributed by atoms with Crippen molar-refractivity contribution in [2.75, 3.05) is 13.1 Å². The van der Waals surface area contributed by atoms with Gasteiger partial charge >= 0.3 is 0 Å². The summed E-state index contributed by atoms with van der Waals surface area (Å²) in [6.07, 6.45) is 1.03. The van der Waals surface area contributed by atoms with Crippen molar-refractivity contribution in [3.63, 3.8) is 0 Å². The van der Waals surface area contributed by atoms with E-state index >= 15 is 0 Å². The Kier molecular flexibility index (Phi) is 3.43. The van der Waals surface area contributed by atoms with Gasteiger partial charge in [0, 0.05) is 18.7 Å². The highest BCUT2D eigenvalue weighted by molar-refractivity contribution is 7.22. The number of piperidine rings is 1. The molecule has 1 fully saturated rings. The molecule has 0 aliphatic carbocycles. The zero-order chi connectivity index (χ0) is 13.4. The van der Waals surface area contributed by atoms with E-state index in [4.69, 9.17) is 11.6 Å². The number of carbonyl (C=O) groups is 1. The number of benzene rings is 1. The standard InChI is InChI=1S/C13H13ClN2O2S/c14-13-15-10-2-1-8(7-11(10)19-13)12(18)16-5-3-9(17)4-6-16/h1-2,7,9,17H,3-6H2. The Labute approximate surface area is 119 Å². The fourth-order valence-electron chi connectivity index (χ4n) is 2.28. The fourth-order valence-corrected chi connectivity index (χ4v) is 3.35. The molecule has 1 amide bonds. The van der Waals surface area contributed by atoms with Crippen molar-refractivity contribution in [2.24, 2.45) is 0 Å². The summed E-state index contributed by atoms with van der Waals surface area (Å²) >= 11 is 7.24. The molecule has 1 aromatic heterocycles. The van der Waals surface area contributed by atoms with Crippen molar-refractivity contribution in [2.45, 2.75) is 18.9 Å². The van der Waals surface area contributed by atoms with Crippen LogP contribution in [0, 0.1) is 0 Å². The molecule has 0 saturated carbocycles. The fraction of sp³-hybridized carbons (Fsp3) is 0.385. The average molecular weight is 297 g/mol. The van der Waals surface area contributed by atoms with E-state index in [-0.39, 0.29) is 12.0 Å². The van der Waals surface area contributed by atoms with Crippen LogP contribution < -0.4 is 0 Å². The minimum Gasteiger partial charge on any atom is -0.393 e. The largest absolute Gasteiger partial charge is 0.393 e. The Balaban J connectivity index is 1.84. The number of thiazole rings is 1. The predicted molar refractivity (Wildman–Crippen MR) is 75.8 cm³/mol. The van der Waals surface area contributed by atoms with Crippen LogP contribution >= 0.6 is 22.9 Å². The van der Waals surface area contributed by atoms with Crippen molar-refractivity contribution in [3.8, 4) is 0 Å². The number of aromatic nitrogens is 1. The molecule has 1 aliphatic rings. The van der Waals surface area contributed by atoms with Gasteiger partial charge in [-0.05, 0) is 31.0 Å². The molecule has 0 radical (unpaired) electrons. The average Bonchev–Trinajstić information content (AvgIpc) is 2.77. The summed E-state index contributed by atoms with van der Waals surface area (Å²) in [5, 5.41) is 9.46. The third-order valence-electron chi connectivity index (χ3n) is 3.36. The van der Waals surface area contributed by atoms with Gasteiger partial charge in [0.15, 0.2) is 4.47 Å². The van der Waals surface area contributed by atoms with Gasteiger partial charge in [0.2, 0.25) is 0 Å². The van der Waals surface area contributed by atoms with E-state index < -0.39 is 0 Å². The predicted octanol–water partition coefficient (Wildman–Crippen LogP) is 2.55. The summed E-state index contributed by atoms with van der Waals surface area (Å²) in [6, 6.07) is 5.45. The Morgan fingerprint density at radius 1 is 1.42 bits per heavy atom. The second-order valence-electron chi connectivity index (χ2n) is 4.67. The first-order valence-electron chi connectivity index (χ1n) is 6.17. The maximum Gasteiger partial charge on any atom is 0.253 e. The van der Waals surface area contributed by atoms with Gasteiger partial charge in [-0.15, -0.1) is 11.3 Å². The van der Waals surface area contributed by atoms with Gasteiger partial charge in [-0.3, -0.25) is 4.79 Å². The monoisotopic (exact) mass is 296 g/mol. The SMILES string of the molecule is O=C(c1ccc2nc(Cl)sc2c1)N1CCC(O)CC1. The Hall–Kier alpha value is -1.17. The molecule has 19 heavy (non-hydrogen) atoms. The molecule has 1 aliphatic heterocycles. The van der Waals surface area contributed by atoms with Crippen LogP contribution in [-0.2, 0) is 0 Å². The summed E-state index contributed by atoms with van der Waals surface area (Å²) in [5.41, 5.74) is 1.48. The van der Waals surface area contributed by atoms with Crippen LogP contribution in [0.4, 0.5) is 0 Å². The van der Waals surface area contributed by atoms with Gasteiger partial charge in [-0.25, -0.2) is 4.98 Å². The molecule has 4 nitrogen and oxygen atoms in total. The first kappa shape index (κ1) is 12.8. The van der Waals surface area contributed by atoms with Crippen LogP contribution in [0.2, 0.25) is 4.47 Å². The van der Waals surface area contributed by atoms with Crippen LogP contribution in [0.5, 0.6) is 0 Å². The summed E-state index contributed by atoms with van der Waals surface area (Å²) < 4.78 is 1.41. The number of carbonyl (C=O) groups excluding carboxylic acids is 1. The van der Waals surface area contributed by atoms with Crippen molar-refractivity contribution in [1.29, 1.82) is 0 Å². The lowest BCUT2D eigenvalue weighted by atomic mass is 10.1. The number of rotatable bonds is 1. The quantitative estimate of drug-likeness (QED) is 0.880. The van der Waals surface area contributed by atoms with Crippen LogP contribution in [0.3, 0.4) is 0 Å². The van der Waals surface area contributed by atoms with Crippen molar-refractivity contribution in [1.82, 2.24) is 9.88 Å². The first-order valence-corrected chi connectivity index (χ1v) is 7.36. The van der Waals surface area contributed by atoms with Crippen LogP contribution in [0.25, 0.3) is 10.2 Å². The van der Waals surface area contributed by atoms with E-state index in [2.05, 4.69) is 4.98 Å². The molecule has 100 valence electrons. The van der Waals surface area contributed by atoms with Crippen LogP contribution in [0.15, 0.2) is 18.2 Å². The van der Waals surface area contributed by atoms with Crippen molar-refractivity contribution >= 4 is 39.1 Å². The van der Waals surface area contributed by atoms with E-state index in [0.29, 0.717) is 36.0 Å². The van der Waals surface area contributed by atoms with Gasteiger partial charge in [0.1, 0.15) is 0 Å². The summed E-state index contributed by atoms with van der Waals surface area (Å²) in [5.74, 6) is 0.0123. The molecule has 0 spiro atoms. The third-order valence-corrected chi connectivity index (χ3v) is 4.48. The van der Waals surface area contributed by atoms with Crippen LogP contribution in [-0.4, -0.2) is 40.1 Å². The topological polar surface area (TPSA) is 53.4 Å². The highest BCUT2D eigenvalue weighted by Gasteiger charge is 2.22. The van der Waals surface area contributed by atoms with Gasteiger partial charge in [0.05, 0.1) is 16.3 Å². The zero-order valence-corrected chi connectivity index (χ0v) is 11.7. The minimum absolute atomic E-state index is 0.0123. The number of aliphatic hydroxyl groups excluding tert-OH is 1. The Bertz CT molecular complexity index is 620. The van der Waals surface area contributed by atoms with E-state index in [1.54, 1.807) is 11.0 Å². The molecule has 1 aromatic carbocycles. The zero-order valence-electron chi connectivity index (χ0n) is 10.2. The van der Waals surface area contributed by atoms with Gasteiger partial charge < -0.3 is 10.0 Å². The second-order valence-corrected chi connectivity index (χ2v) is 6.29. The molecular formula is C13H13ClN2O2S. The molecule has 0 bridgehead atoms. The molecule has 2 heterocycles. The first-order chi connectivity index (χ1) is 9.13. The smallest absolute Gasteiger partial charge is 0.253 e. The third kappa shape index (κ3) is 2.59. The lowest BCUT2D eigenvalue weighted by molar-refractivity contribution is 0.0546. The highest BCUT2D eigenvalue weighted by atomic mass is 35.5. The number of hydrogen-bond acceptors (Lipinski definition) is 4. The maximum absolute atomic E-state index is 12.4. The normalized spacial score (nSPS) is 17.1. The molecule has 1 saturated heterocycles. The summed E-state index contributed by atoms with van der Waals surface area (Å²) in [4.78, 5) is 18.3. The number of likely N-dealkylation sites (tertiary alicyclic amines) is 1. The summed E-state index contributed by atoms with van der Waals surface area (Å²) in [6.45, 7) is 1.23. The van der Waals surface area contributed by atoms with E-state index in [9.17, 15) is 9.90 Å². The van der Waals surface area contributed by atoms with Crippen LogP contribution in [0.1, 0.15) is 23.2 Å². The minimum atomic E-state index is -0.271. The number of halogens is 1. The number of amides is 1. The van der Waals surface area contributed by atoms with Gasteiger partial charge in [0.25, 0.3) is 5.91 Å². The Morgan fingerprint density at radius 3 is 2.89 bits per heavy atom. The maximum atomic E-state index is 12.4.